The summed E-state index contributed by atoms with van der Waals surface area (Å²) in [6, 6.07) is 13.0. The van der Waals surface area contributed by atoms with Gasteiger partial charge in [-0.15, -0.1) is 0 Å². The van der Waals surface area contributed by atoms with Gasteiger partial charge in [-0.25, -0.2) is 9.48 Å². The molecule has 3 aromatic rings. The summed E-state index contributed by atoms with van der Waals surface area (Å²) in [5.74, 6) is -5.02. The average molecular weight is 662 g/mol. The number of carbonyl (C=O) groups excluding carboxylic acids is 4. The number of Topliss-reactive ketones (excluding diaryl/α,β-unsaturated/α-hetero) is 1. The summed E-state index contributed by atoms with van der Waals surface area (Å²) in [4.78, 5) is 62.6. The van der Waals surface area contributed by atoms with E-state index >= 15 is 0 Å². The second-order valence-corrected chi connectivity index (χ2v) is 10.7. The summed E-state index contributed by atoms with van der Waals surface area (Å²) < 4.78 is 51.4. The van der Waals surface area contributed by atoms with E-state index < -0.39 is 84.5 Å². The van der Waals surface area contributed by atoms with Crippen molar-refractivity contribution in [1.29, 1.82) is 0 Å². The van der Waals surface area contributed by atoms with Gasteiger partial charge in [0.15, 0.2) is 18.1 Å². The Morgan fingerprint density at radius 3 is 2.09 bits per heavy atom. The lowest BCUT2D eigenvalue weighted by molar-refractivity contribution is -0.142. The van der Waals surface area contributed by atoms with Crippen molar-refractivity contribution in [3.8, 4) is 11.6 Å². The molecule has 47 heavy (non-hydrogen) atoms. The average Bonchev–Trinajstić information content (AvgIpc) is 3.46. The minimum absolute atomic E-state index is 0.0429. The third-order valence-corrected chi connectivity index (χ3v) is 6.60. The Bertz CT molecular complexity index is 1550. The number of aromatic nitrogens is 2. The van der Waals surface area contributed by atoms with Gasteiger partial charge in [0.2, 0.25) is 17.7 Å². The molecule has 0 saturated carbocycles. The number of amides is 3. The van der Waals surface area contributed by atoms with Crippen molar-refractivity contribution in [2.75, 3.05) is 6.61 Å². The lowest BCUT2D eigenvalue weighted by Crippen LogP contribution is -2.56. The van der Waals surface area contributed by atoms with Crippen LogP contribution in [0, 0.1) is 5.92 Å². The smallest absolute Gasteiger partial charge is 0.435 e. The Hall–Kier alpha value is -5.41. The minimum atomic E-state index is -4.82. The summed E-state index contributed by atoms with van der Waals surface area (Å²) in [5, 5.41) is 19.9. The molecule has 16 heteroatoms. The highest BCUT2D eigenvalue weighted by molar-refractivity contribution is 5.96. The van der Waals surface area contributed by atoms with Crippen LogP contribution in [-0.2, 0) is 36.7 Å². The Morgan fingerprint density at radius 1 is 0.894 bits per heavy atom. The topological polar surface area (TPSA) is 178 Å². The predicted octanol–water partition coefficient (Wildman–Crippen LogP) is 3.25. The van der Waals surface area contributed by atoms with Crippen molar-refractivity contribution in [2.24, 2.45) is 5.92 Å². The predicted molar refractivity (Wildman–Crippen MR) is 159 cm³/mol. The molecule has 0 fully saturated rings. The van der Waals surface area contributed by atoms with Gasteiger partial charge in [-0.1, -0.05) is 62.4 Å². The Labute approximate surface area is 267 Å². The van der Waals surface area contributed by atoms with Gasteiger partial charge >= 0.3 is 18.2 Å². The van der Waals surface area contributed by atoms with E-state index in [1.54, 1.807) is 62.4 Å². The normalized spacial score (nSPS) is 13.2. The molecule has 0 radical (unpaired) electrons. The number of alkyl halides is 3. The quantitative estimate of drug-likeness (QED) is 0.190. The van der Waals surface area contributed by atoms with Gasteiger partial charge in [0.1, 0.15) is 24.7 Å². The fourth-order valence-electron chi connectivity index (χ4n) is 4.12. The van der Waals surface area contributed by atoms with Gasteiger partial charge in [-0.2, -0.15) is 18.3 Å². The Kier molecular flexibility index (Phi) is 12.5. The molecule has 252 valence electrons. The first-order valence-corrected chi connectivity index (χ1v) is 14.3. The summed E-state index contributed by atoms with van der Waals surface area (Å²) in [6.45, 7) is 3.61. The standard InChI is InChI=1S/C31H34F3N5O8/c1-18(2)27(37-30(45)47-16-20-10-6-4-7-11-20)29(44)35-19(3)28(43)36-22(14-26(41)42)23(40)17-46-25-15-24(31(32,33)34)38-39(25)21-12-8-5-9-13-21/h4-13,15,18-19,22,27H,14,16-17H2,1-3H3,(H,35,44)(H,36,43)(H,37,45)(H,41,42)/t19-,22-,27-/m0/s1. The van der Waals surface area contributed by atoms with Gasteiger partial charge in [-0.05, 0) is 30.5 Å². The van der Waals surface area contributed by atoms with Crippen LogP contribution in [0.4, 0.5) is 18.0 Å². The number of carbonyl (C=O) groups is 5. The van der Waals surface area contributed by atoms with Crippen LogP contribution in [0.3, 0.4) is 0 Å². The van der Waals surface area contributed by atoms with E-state index in [1.807, 2.05) is 0 Å². The van der Waals surface area contributed by atoms with Crippen LogP contribution in [-0.4, -0.2) is 69.3 Å². The highest BCUT2D eigenvalue weighted by Gasteiger charge is 2.36. The monoisotopic (exact) mass is 661 g/mol. The van der Waals surface area contributed by atoms with E-state index in [4.69, 9.17) is 9.47 Å². The van der Waals surface area contributed by atoms with Crippen molar-refractivity contribution in [3.63, 3.8) is 0 Å². The van der Waals surface area contributed by atoms with Crippen LogP contribution in [0.15, 0.2) is 66.7 Å². The number of aliphatic carboxylic acids is 1. The lowest BCUT2D eigenvalue weighted by atomic mass is 10.0. The third-order valence-electron chi connectivity index (χ3n) is 6.60. The SMILES string of the molecule is CC(C)[C@H](NC(=O)OCc1ccccc1)C(=O)N[C@@H](C)C(=O)N[C@@H](CC(=O)O)C(=O)COc1cc(C(F)(F)F)nn1-c1ccccc1. The second-order valence-electron chi connectivity index (χ2n) is 10.7. The highest BCUT2D eigenvalue weighted by atomic mass is 19.4. The number of alkyl carbamates (subject to hydrolysis) is 1. The Morgan fingerprint density at radius 2 is 1.51 bits per heavy atom. The summed E-state index contributed by atoms with van der Waals surface area (Å²) in [6.07, 6.45) is -6.58. The summed E-state index contributed by atoms with van der Waals surface area (Å²) in [5.41, 5.74) is -0.367. The lowest BCUT2D eigenvalue weighted by Gasteiger charge is -2.24. The van der Waals surface area contributed by atoms with Crippen molar-refractivity contribution in [1.82, 2.24) is 25.7 Å². The number of ether oxygens (including phenoxy) is 2. The molecule has 0 unspecified atom stereocenters. The van der Waals surface area contributed by atoms with Crippen molar-refractivity contribution < 1.29 is 51.7 Å². The fraction of sp³-hybridized carbons (Fsp3) is 0.355. The molecular formula is C31H34F3N5O8. The molecule has 3 rings (SSSR count). The second kappa shape index (κ2) is 16.2. The number of carboxylic acids is 1. The first-order valence-electron chi connectivity index (χ1n) is 14.3. The Balaban J connectivity index is 1.63. The highest BCUT2D eigenvalue weighted by Crippen LogP contribution is 2.32. The zero-order valence-electron chi connectivity index (χ0n) is 25.6. The van der Waals surface area contributed by atoms with Gasteiger partial charge in [0.25, 0.3) is 0 Å². The largest absolute Gasteiger partial charge is 0.481 e. The maximum atomic E-state index is 13.4. The first-order chi connectivity index (χ1) is 22.1. The van der Waals surface area contributed by atoms with Gasteiger partial charge < -0.3 is 30.5 Å². The van der Waals surface area contributed by atoms with E-state index in [1.165, 1.54) is 19.1 Å². The van der Waals surface area contributed by atoms with Crippen molar-refractivity contribution in [2.45, 2.75) is 58.1 Å². The number of hydrogen-bond acceptors (Lipinski definition) is 8. The van der Waals surface area contributed by atoms with E-state index in [0.717, 1.165) is 10.2 Å². The van der Waals surface area contributed by atoms with Crippen LogP contribution in [0.25, 0.3) is 5.69 Å². The maximum Gasteiger partial charge on any atom is 0.435 e. The molecule has 0 saturated heterocycles. The number of benzene rings is 2. The van der Waals surface area contributed by atoms with E-state index in [-0.39, 0.29) is 12.3 Å². The number of nitrogens with one attached hydrogen (secondary N) is 3. The molecule has 0 aliphatic carbocycles. The minimum Gasteiger partial charge on any atom is -0.481 e. The number of rotatable bonds is 15. The molecule has 4 N–H and O–H groups in total. The summed E-state index contributed by atoms with van der Waals surface area (Å²) in [7, 11) is 0. The summed E-state index contributed by atoms with van der Waals surface area (Å²) >= 11 is 0. The number of para-hydroxylation sites is 1. The van der Waals surface area contributed by atoms with Crippen LogP contribution in [0.2, 0.25) is 0 Å². The molecule has 0 aliphatic heterocycles. The zero-order valence-corrected chi connectivity index (χ0v) is 25.6. The van der Waals surface area contributed by atoms with Crippen molar-refractivity contribution in [3.05, 3.63) is 78.0 Å². The number of nitrogens with zero attached hydrogens (tertiary/aromatic N) is 2. The molecule has 0 spiro atoms. The molecule has 3 atom stereocenters. The maximum absolute atomic E-state index is 13.4. The molecule has 2 aromatic carbocycles. The molecular weight excluding hydrogens is 627 g/mol. The zero-order chi connectivity index (χ0) is 34.7. The van der Waals surface area contributed by atoms with Crippen LogP contribution < -0.4 is 20.7 Å². The molecule has 1 aromatic heterocycles. The van der Waals surface area contributed by atoms with Gasteiger partial charge in [-0.3, -0.25) is 19.2 Å². The molecule has 1 heterocycles. The van der Waals surface area contributed by atoms with Crippen LogP contribution >= 0.6 is 0 Å². The van der Waals surface area contributed by atoms with Gasteiger partial charge in [0, 0.05) is 6.07 Å². The van der Waals surface area contributed by atoms with E-state index in [2.05, 4.69) is 21.0 Å². The molecule has 3 amide bonds. The number of hydrogen-bond donors (Lipinski definition) is 4. The van der Waals surface area contributed by atoms with Gasteiger partial charge in [0.05, 0.1) is 12.1 Å². The first kappa shape index (κ1) is 36.1. The van der Waals surface area contributed by atoms with Crippen LogP contribution in [0.5, 0.6) is 5.88 Å². The fourth-order valence-corrected chi connectivity index (χ4v) is 4.12. The molecule has 0 bridgehead atoms. The molecule has 13 nitrogen and oxygen atoms in total. The number of ketones is 1. The molecule has 0 aliphatic rings. The number of halogens is 3. The van der Waals surface area contributed by atoms with Crippen LogP contribution in [0.1, 0.15) is 38.4 Å². The van der Waals surface area contributed by atoms with Crippen molar-refractivity contribution >= 4 is 29.7 Å². The number of carboxylic acid groups (broad SMARTS) is 1. The van der Waals surface area contributed by atoms with E-state index in [0.29, 0.717) is 6.07 Å². The van der Waals surface area contributed by atoms with E-state index in [9.17, 15) is 42.3 Å². The third kappa shape index (κ3) is 10.9.